The van der Waals surface area contributed by atoms with Gasteiger partial charge in [0.25, 0.3) is 0 Å². The Labute approximate surface area is 123 Å². The number of benzene rings is 1. The molecule has 0 aliphatic carbocycles. The first-order chi connectivity index (χ1) is 10.3. The van der Waals surface area contributed by atoms with Gasteiger partial charge >= 0.3 is 0 Å². The van der Waals surface area contributed by atoms with Crippen molar-refractivity contribution in [1.82, 2.24) is 19.8 Å². The summed E-state index contributed by atoms with van der Waals surface area (Å²) in [5, 5.41) is 9.94. The molecule has 21 heavy (non-hydrogen) atoms. The van der Waals surface area contributed by atoms with E-state index in [0.717, 1.165) is 17.7 Å². The lowest BCUT2D eigenvalue weighted by molar-refractivity contribution is -0.133. The predicted octanol–water partition coefficient (Wildman–Crippen LogP) is 1.82. The minimum absolute atomic E-state index is 0.0134. The lowest BCUT2D eigenvalue weighted by Gasteiger charge is -2.23. The molecular weight excluding hydrogens is 266 g/mol. The van der Waals surface area contributed by atoms with E-state index < -0.39 is 0 Å². The van der Waals surface area contributed by atoms with Crippen LogP contribution in [0.3, 0.4) is 0 Å². The Morgan fingerprint density at radius 2 is 2.00 bits per heavy atom. The molecule has 0 fully saturated rings. The van der Waals surface area contributed by atoms with E-state index in [0.29, 0.717) is 19.5 Å². The fourth-order valence-electron chi connectivity index (χ4n) is 2.29. The van der Waals surface area contributed by atoms with Gasteiger partial charge in [0.2, 0.25) is 5.91 Å². The van der Waals surface area contributed by atoms with Crippen molar-refractivity contribution in [2.24, 2.45) is 5.10 Å². The van der Waals surface area contributed by atoms with Crippen LogP contribution >= 0.6 is 0 Å². The molecule has 6 nitrogen and oxygen atoms in total. The maximum absolute atomic E-state index is 12.0. The van der Waals surface area contributed by atoms with E-state index >= 15 is 0 Å². The van der Waals surface area contributed by atoms with Gasteiger partial charge in [-0.15, -0.1) is 0 Å². The average Bonchev–Trinajstić information content (AvgIpc) is 3.03. The second-order valence-corrected chi connectivity index (χ2v) is 4.97. The van der Waals surface area contributed by atoms with E-state index in [1.807, 2.05) is 0 Å². The quantitative estimate of drug-likeness (QED) is 0.860. The Morgan fingerprint density at radius 3 is 2.67 bits per heavy atom. The molecule has 0 spiro atoms. The monoisotopic (exact) mass is 283 g/mol. The van der Waals surface area contributed by atoms with Crippen LogP contribution in [0.2, 0.25) is 0 Å². The van der Waals surface area contributed by atoms with Gasteiger partial charge in [-0.2, -0.15) is 10.2 Å². The summed E-state index contributed by atoms with van der Waals surface area (Å²) in [6.07, 6.45) is 5.19. The number of nitrogens with zero attached hydrogens (tertiary/aromatic N) is 5. The molecule has 0 saturated carbocycles. The topological polar surface area (TPSA) is 63.4 Å². The summed E-state index contributed by atoms with van der Waals surface area (Å²) in [6.45, 7) is 2.43. The summed E-state index contributed by atoms with van der Waals surface area (Å²) < 4.78 is 1.59. The largest absolute Gasteiger partial charge is 0.273 e. The molecule has 1 aliphatic rings. The third-order valence-corrected chi connectivity index (χ3v) is 3.55. The third-order valence-electron chi connectivity index (χ3n) is 3.55. The predicted molar refractivity (Wildman–Crippen MR) is 78.5 cm³/mol. The van der Waals surface area contributed by atoms with Gasteiger partial charge in [0.05, 0.1) is 5.71 Å². The van der Waals surface area contributed by atoms with E-state index in [9.17, 15) is 4.79 Å². The van der Waals surface area contributed by atoms with Gasteiger partial charge in [0.1, 0.15) is 19.3 Å². The molecule has 0 saturated heterocycles. The highest BCUT2D eigenvalue weighted by Gasteiger charge is 2.21. The highest BCUT2D eigenvalue weighted by atomic mass is 16.2. The van der Waals surface area contributed by atoms with Crippen molar-refractivity contribution >= 4 is 11.6 Å². The van der Waals surface area contributed by atoms with Gasteiger partial charge in [0.15, 0.2) is 0 Å². The van der Waals surface area contributed by atoms with E-state index in [2.05, 4.69) is 46.4 Å². The van der Waals surface area contributed by atoms with Gasteiger partial charge in [0, 0.05) is 12.8 Å². The summed E-state index contributed by atoms with van der Waals surface area (Å²) in [5.74, 6) is 0.0134. The Kier molecular flexibility index (Phi) is 3.77. The summed E-state index contributed by atoms with van der Waals surface area (Å²) >= 11 is 0. The van der Waals surface area contributed by atoms with Gasteiger partial charge in [-0.05, 0) is 17.5 Å². The summed E-state index contributed by atoms with van der Waals surface area (Å²) in [7, 11) is 0. The molecule has 1 aromatic heterocycles. The molecule has 0 atom stereocenters. The summed E-state index contributed by atoms with van der Waals surface area (Å²) in [5.41, 5.74) is 3.31. The molecule has 1 aliphatic heterocycles. The Hall–Kier alpha value is -2.50. The van der Waals surface area contributed by atoms with Crippen molar-refractivity contribution in [3.8, 4) is 0 Å². The standard InChI is InChI=1S/C15H17N5O/c1-2-12-3-5-13(6-4-12)14-7-8-15(21)20(18-14)11-19-10-16-9-17-19/h3-6,9-10H,2,7-8,11H2,1H3. The van der Waals surface area contributed by atoms with Crippen LogP contribution in [0.25, 0.3) is 0 Å². The van der Waals surface area contributed by atoms with Gasteiger partial charge < -0.3 is 0 Å². The zero-order valence-corrected chi connectivity index (χ0v) is 11.9. The molecule has 1 amide bonds. The normalized spacial score (nSPS) is 15.2. The fraction of sp³-hybridized carbons (Fsp3) is 0.333. The van der Waals surface area contributed by atoms with Crippen LogP contribution in [0.1, 0.15) is 30.9 Å². The van der Waals surface area contributed by atoms with E-state index in [4.69, 9.17) is 0 Å². The van der Waals surface area contributed by atoms with Crippen LogP contribution in [-0.2, 0) is 17.9 Å². The molecule has 1 aromatic carbocycles. The summed E-state index contributed by atoms with van der Waals surface area (Å²) in [6, 6.07) is 8.36. The first kappa shape index (κ1) is 13.5. The minimum atomic E-state index is 0.0134. The second kappa shape index (κ2) is 5.87. The molecular formula is C15H17N5O. The lowest BCUT2D eigenvalue weighted by Crippen LogP contribution is -2.33. The number of carbonyl (C=O) groups is 1. The maximum atomic E-state index is 12.0. The van der Waals surface area contributed by atoms with Crippen molar-refractivity contribution in [2.75, 3.05) is 0 Å². The fourth-order valence-corrected chi connectivity index (χ4v) is 2.29. The SMILES string of the molecule is CCc1ccc(C2=NN(Cn3cncn3)C(=O)CC2)cc1. The summed E-state index contributed by atoms with van der Waals surface area (Å²) in [4.78, 5) is 15.8. The number of rotatable bonds is 4. The van der Waals surface area contributed by atoms with E-state index in [1.165, 1.54) is 16.9 Å². The van der Waals surface area contributed by atoms with Crippen LogP contribution in [-0.4, -0.2) is 31.4 Å². The van der Waals surface area contributed by atoms with Crippen molar-refractivity contribution < 1.29 is 4.79 Å². The molecule has 6 heteroatoms. The number of carbonyl (C=O) groups excluding carboxylic acids is 1. The maximum Gasteiger partial charge on any atom is 0.244 e. The molecule has 2 heterocycles. The number of hydrazone groups is 1. The first-order valence-electron chi connectivity index (χ1n) is 7.06. The molecule has 108 valence electrons. The number of hydrogen-bond donors (Lipinski definition) is 0. The molecule has 0 N–H and O–H groups in total. The smallest absolute Gasteiger partial charge is 0.244 e. The average molecular weight is 283 g/mol. The highest BCUT2D eigenvalue weighted by molar-refractivity contribution is 6.04. The number of aromatic nitrogens is 3. The molecule has 3 rings (SSSR count). The minimum Gasteiger partial charge on any atom is -0.273 e. The zero-order chi connectivity index (χ0) is 14.7. The van der Waals surface area contributed by atoms with E-state index in [-0.39, 0.29) is 5.91 Å². The van der Waals surface area contributed by atoms with Crippen molar-refractivity contribution in [3.05, 3.63) is 48.0 Å². The Morgan fingerprint density at radius 1 is 1.19 bits per heavy atom. The van der Waals surface area contributed by atoms with E-state index in [1.54, 1.807) is 11.0 Å². The highest BCUT2D eigenvalue weighted by Crippen LogP contribution is 2.16. The second-order valence-electron chi connectivity index (χ2n) is 4.97. The Balaban J connectivity index is 1.82. The first-order valence-corrected chi connectivity index (χ1v) is 7.06. The lowest BCUT2D eigenvalue weighted by atomic mass is 10.0. The number of hydrogen-bond acceptors (Lipinski definition) is 4. The Bertz CT molecular complexity index is 645. The van der Waals surface area contributed by atoms with Crippen LogP contribution in [0, 0.1) is 0 Å². The molecule has 0 unspecified atom stereocenters. The van der Waals surface area contributed by atoms with Crippen molar-refractivity contribution in [3.63, 3.8) is 0 Å². The van der Waals surface area contributed by atoms with Gasteiger partial charge in [-0.1, -0.05) is 31.2 Å². The van der Waals surface area contributed by atoms with Gasteiger partial charge in [-0.3, -0.25) is 4.79 Å². The van der Waals surface area contributed by atoms with Crippen LogP contribution < -0.4 is 0 Å². The molecule has 0 bridgehead atoms. The zero-order valence-electron chi connectivity index (χ0n) is 11.9. The van der Waals surface area contributed by atoms with Crippen LogP contribution in [0.15, 0.2) is 42.0 Å². The number of amides is 1. The van der Waals surface area contributed by atoms with Crippen molar-refractivity contribution in [2.45, 2.75) is 32.9 Å². The van der Waals surface area contributed by atoms with Gasteiger partial charge in [-0.25, -0.2) is 14.7 Å². The molecule has 0 radical (unpaired) electrons. The number of aryl methyl sites for hydroxylation is 1. The third kappa shape index (κ3) is 2.99. The van der Waals surface area contributed by atoms with Crippen molar-refractivity contribution in [1.29, 1.82) is 0 Å². The van der Waals surface area contributed by atoms with Crippen LogP contribution in [0.5, 0.6) is 0 Å². The van der Waals surface area contributed by atoms with Crippen LogP contribution in [0.4, 0.5) is 0 Å². The molecule has 2 aromatic rings.